The predicted molar refractivity (Wildman–Crippen MR) is 96.7 cm³/mol. The molecule has 1 aromatic rings. The number of hydrogen-bond donors (Lipinski definition) is 1. The van der Waals surface area contributed by atoms with Gasteiger partial charge in [-0.25, -0.2) is 0 Å². The summed E-state index contributed by atoms with van der Waals surface area (Å²) in [7, 11) is 0. The molecule has 0 aromatic heterocycles. The Kier molecular flexibility index (Phi) is 5.18. The average molecular weight is 366 g/mol. The second kappa shape index (κ2) is 6.45. The second-order valence-electron chi connectivity index (χ2n) is 8.03. The van der Waals surface area contributed by atoms with E-state index in [2.05, 4.69) is 55.9 Å². The Balaban J connectivity index is 2.05. The molecule has 1 aromatic carbocycles. The van der Waals surface area contributed by atoms with E-state index in [1.54, 1.807) is 0 Å². The average Bonchev–Trinajstić information content (AvgIpc) is 2.34. The predicted octanol–water partition coefficient (Wildman–Crippen LogP) is 5.27. The Morgan fingerprint density at radius 3 is 2.14 bits per heavy atom. The van der Waals surface area contributed by atoms with E-state index in [1.807, 2.05) is 24.3 Å². The number of rotatable bonds is 4. The highest BCUT2D eigenvalue weighted by atomic mass is 79.9. The van der Waals surface area contributed by atoms with Gasteiger partial charge in [0.1, 0.15) is 0 Å². The summed E-state index contributed by atoms with van der Waals surface area (Å²) in [5.74, 6) is 0.723. The number of Topliss-reactive ketones (excluding diaryl/α,β-unsaturated/α-hetero) is 1. The first-order valence-electron chi connectivity index (χ1n) is 8.15. The molecular formula is C19H28BrNO. The fourth-order valence-electron chi connectivity index (χ4n) is 3.99. The summed E-state index contributed by atoms with van der Waals surface area (Å²) >= 11 is 3.56. The minimum Gasteiger partial charge on any atom is -0.307 e. The van der Waals surface area contributed by atoms with Crippen LogP contribution in [0.15, 0.2) is 24.3 Å². The van der Waals surface area contributed by atoms with Crippen LogP contribution >= 0.6 is 15.9 Å². The Bertz CT molecular complexity index is 515. The van der Waals surface area contributed by atoms with Crippen molar-refractivity contribution in [1.82, 2.24) is 5.32 Å². The highest BCUT2D eigenvalue weighted by Gasteiger charge is 2.38. The first-order valence-corrected chi connectivity index (χ1v) is 9.06. The highest BCUT2D eigenvalue weighted by Crippen LogP contribution is 2.35. The van der Waals surface area contributed by atoms with Crippen LogP contribution in [0.4, 0.5) is 0 Å². The molecule has 0 radical (unpaired) electrons. The lowest BCUT2D eigenvalue weighted by atomic mass is 9.74. The number of ketones is 1. The fraction of sp³-hybridized carbons (Fsp3) is 0.632. The zero-order valence-electron chi connectivity index (χ0n) is 14.4. The van der Waals surface area contributed by atoms with Crippen molar-refractivity contribution >= 4 is 21.7 Å². The summed E-state index contributed by atoms with van der Waals surface area (Å²) in [6.07, 6.45) is 2.76. The monoisotopic (exact) mass is 365 g/mol. The Hall–Kier alpha value is -0.670. The van der Waals surface area contributed by atoms with Gasteiger partial charge in [0.05, 0.1) is 0 Å². The molecule has 2 nitrogen and oxygen atoms in total. The maximum absolute atomic E-state index is 12.6. The van der Waals surface area contributed by atoms with Crippen LogP contribution in [0, 0.1) is 5.92 Å². The van der Waals surface area contributed by atoms with Gasteiger partial charge in [-0.1, -0.05) is 40.2 Å². The first kappa shape index (κ1) is 17.7. The Labute approximate surface area is 143 Å². The molecule has 0 amide bonds. The van der Waals surface area contributed by atoms with Crippen LogP contribution in [0.1, 0.15) is 74.6 Å². The third-order valence-electron chi connectivity index (χ3n) is 4.44. The van der Waals surface area contributed by atoms with Gasteiger partial charge in [-0.05, 0) is 58.9 Å². The maximum atomic E-state index is 12.6. The van der Waals surface area contributed by atoms with Crippen LogP contribution in [0.2, 0.25) is 0 Å². The van der Waals surface area contributed by atoms with E-state index >= 15 is 0 Å². The topological polar surface area (TPSA) is 29.1 Å². The summed E-state index contributed by atoms with van der Waals surface area (Å²) < 4.78 is 0. The molecule has 122 valence electrons. The number of alkyl halides is 1. The molecule has 1 aliphatic rings. The van der Waals surface area contributed by atoms with Gasteiger partial charge in [0.25, 0.3) is 0 Å². The molecule has 1 N–H and O–H groups in total. The summed E-state index contributed by atoms with van der Waals surface area (Å²) in [4.78, 5) is 12.9. The van der Waals surface area contributed by atoms with Crippen LogP contribution in [0.3, 0.4) is 0 Å². The number of carbonyl (C=O) groups is 1. The quantitative estimate of drug-likeness (QED) is 0.581. The number of carbonyl (C=O) groups excluding carboxylic acids is 1. The first-order chi connectivity index (χ1) is 10.1. The molecule has 0 aliphatic carbocycles. The zero-order valence-corrected chi connectivity index (χ0v) is 16.0. The Morgan fingerprint density at radius 1 is 1.18 bits per heavy atom. The summed E-state index contributed by atoms with van der Waals surface area (Å²) in [6, 6.07) is 8.02. The molecule has 0 saturated carbocycles. The lowest BCUT2D eigenvalue weighted by Gasteiger charge is -2.46. The van der Waals surface area contributed by atoms with Gasteiger partial charge in [0, 0.05) is 27.9 Å². The van der Waals surface area contributed by atoms with Crippen LogP contribution in [-0.4, -0.2) is 16.9 Å². The molecule has 22 heavy (non-hydrogen) atoms. The van der Waals surface area contributed by atoms with E-state index in [0.717, 1.165) is 18.4 Å². The standard InChI is InChI=1S/C19H28BrNO/c1-13(20)15-6-8-16(9-7-15)17(22)10-14-11-18(2,3)21-19(4,5)12-14/h6-9,13-14,21H,10-12H2,1-5H3. The van der Waals surface area contributed by atoms with Crippen molar-refractivity contribution in [1.29, 1.82) is 0 Å². The van der Waals surface area contributed by atoms with Crippen molar-refractivity contribution in [2.75, 3.05) is 0 Å². The van der Waals surface area contributed by atoms with Crippen molar-refractivity contribution in [2.24, 2.45) is 5.92 Å². The van der Waals surface area contributed by atoms with E-state index in [-0.39, 0.29) is 16.9 Å². The number of hydrogen-bond acceptors (Lipinski definition) is 2. The van der Waals surface area contributed by atoms with Crippen molar-refractivity contribution in [3.63, 3.8) is 0 Å². The molecule has 0 bridgehead atoms. The zero-order chi connectivity index (χ0) is 16.5. The van der Waals surface area contributed by atoms with E-state index in [0.29, 0.717) is 17.2 Å². The van der Waals surface area contributed by atoms with Gasteiger partial charge >= 0.3 is 0 Å². The number of nitrogens with one attached hydrogen (secondary N) is 1. The van der Waals surface area contributed by atoms with Crippen molar-refractivity contribution in [2.45, 2.75) is 69.8 Å². The van der Waals surface area contributed by atoms with Gasteiger partial charge in [-0.2, -0.15) is 0 Å². The molecule has 1 heterocycles. The molecule has 0 spiro atoms. The van der Waals surface area contributed by atoms with Gasteiger partial charge in [-0.15, -0.1) is 0 Å². The molecule has 3 heteroatoms. The van der Waals surface area contributed by atoms with Gasteiger partial charge in [0.15, 0.2) is 5.78 Å². The number of halogens is 1. The summed E-state index contributed by atoms with van der Waals surface area (Å²) in [5.41, 5.74) is 2.25. The second-order valence-corrected chi connectivity index (χ2v) is 9.41. The highest BCUT2D eigenvalue weighted by molar-refractivity contribution is 9.09. The van der Waals surface area contributed by atoms with Crippen molar-refractivity contribution in [3.05, 3.63) is 35.4 Å². The van der Waals surface area contributed by atoms with Gasteiger partial charge < -0.3 is 5.32 Å². The number of piperidine rings is 1. The smallest absolute Gasteiger partial charge is 0.163 e. The van der Waals surface area contributed by atoms with Crippen molar-refractivity contribution in [3.8, 4) is 0 Å². The van der Waals surface area contributed by atoms with Crippen LogP contribution in [-0.2, 0) is 0 Å². The number of benzene rings is 1. The van der Waals surface area contributed by atoms with E-state index in [9.17, 15) is 4.79 Å². The fourth-order valence-corrected chi connectivity index (χ4v) is 4.30. The van der Waals surface area contributed by atoms with E-state index < -0.39 is 0 Å². The van der Waals surface area contributed by atoms with Gasteiger partial charge in [0.2, 0.25) is 0 Å². The lowest BCUT2D eigenvalue weighted by molar-refractivity contribution is 0.0864. The molecule has 1 unspecified atom stereocenters. The molecule has 2 rings (SSSR count). The molecular weight excluding hydrogens is 338 g/mol. The maximum Gasteiger partial charge on any atom is 0.163 e. The van der Waals surface area contributed by atoms with E-state index in [4.69, 9.17) is 0 Å². The SMILES string of the molecule is CC(Br)c1ccc(C(=O)CC2CC(C)(C)NC(C)(C)C2)cc1. The summed E-state index contributed by atoms with van der Waals surface area (Å²) in [6.45, 7) is 11.0. The normalized spacial score (nSPS) is 22.3. The minimum absolute atomic E-state index is 0.0992. The van der Waals surface area contributed by atoms with Gasteiger partial charge in [-0.3, -0.25) is 4.79 Å². The van der Waals surface area contributed by atoms with Crippen LogP contribution in [0.5, 0.6) is 0 Å². The molecule has 1 saturated heterocycles. The van der Waals surface area contributed by atoms with Crippen LogP contribution in [0.25, 0.3) is 0 Å². The third kappa shape index (κ3) is 4.66. The van der Waals surface area contributed by atoms with Crippen molar-refractivity contribution < 1.29 is 4.79 Å². The molecule has 1 atom stereocenters. The lowest BCUT2D eigenvalue weighted by Crippen LogP contribution is -2.57. The third-order valence-corrected chi connectivity index (χ3v) is 4.97. The largest absolute Gasteiger partial charge is 0.307 e. The molecule has 1 fully saturated rings. The summed E-state index contributed by atoms with van der Waals surface area (Å²) in [5, 5.41) is 3.68. The molecule has 1 aliphatic heterocycles. The van der Waals surface area contributed by atoms with Crippen LogP contribution < -0.4 is 5.32 Å². The minimum atomic E-state index is 0.0992. The van der Waals surface area contributed by atoms with E-state index in [1.165, 1.54) is 5.56 Å². The Morgan fingerprint density at radius 2 is 1.68 bits per heavy atom.